The van der Waals surface area contributed by atoms with E-state index < -0.39 is 0 Å². The second kappa shape index (κ2) is 7.78. The van der Waals surface area contributed by atoms with E-state index in [9.17, 15) is 4.79 Å². The Hall–Kier alpha value is -2.61. The number of hydrogen-bond acceptors (Lipinski definition) is 5. The fraction of sp³-hybridized carbons (Fsp3) is 0.250. The zero-order valence-electron chi connectivity index (χ0n) is 13.2. The van der Waals surface area contributed by atoms with Crippen molar-refractivity contribution in [3.05, 3.63) is 55.1 Å². The number of nitrogens with zero attached hydrogens (tertiary/aromatic N) is 5. The molecule has 3 rings (SSSR count). The molecule has 3 aromatic rings. The number of rotatable bonds is 7. The van der Waals surface area contributed by atoms with Gasteiger partial charge in [-0.15, -0.1) is 5.10 Å². The molecule has 0 fully saturated rings. The molecular formula is C16H18N6OS. The molecule has 1 amide bonds. The van der Waals surface area contributed by atoms with Crippen LogP contribution >= 0.6 is 11.8 Å². The Labute approximate surface area is 144 Å². The average Bonchev–Trinajstić information content (AvgIpc) is 3.30. The first-order valence-corrected chi connectivity index (χ1v) is 8.93. The predicted molar refractivity (Wildman–Crippen MR) is 94.3 cm³/mol. The van der Waals surface area contributed by atoms with Crippen molar-refractivity contribution in [1.29, 1.82) is 0 Å². The molecule has 0 saturated heterocycles. The van der Waals surface area contributed by atoms with E-state index in [1.165, 1.54) is 6.33 Å². The number of anilines is 1. The van der Waals surface area contributed by atoms with Gasteiger partial charge in [0.2, 0.25) is 5.91 Å². The Balaban J connectivity index is 1.70. The fourth-order valence-corrected chi connectivity index (χ4v) is 2.86. The van der Waals surface area contributed by atoms with Gasteiger partial charge in [-0.05, 0) is 65.3 Å². The molecule has 0 radical (unpaired) electrons. The van der Waals surface area contributed by atoms with E-state index in [0.29, 0.717) is 0 Å². The van der Waals surface area contributed by atoms with E-state index in [4.69, 9.17) is 0 Å². The molecule has 2 heterocycles. The van der Waals surface area contributed by atoms with Gasteiger partial charge in [-0.1, -0.05) is 0 Å². The van der Waals surface area contributed by atoms with Crippen LogP contribution in [0.1, 0.15) is 12.5 Å². The van der Waals surface area contributed by atoms with Crippen LogP contribution in [0.15, 0.2) is 55.1 Å². The van der Waals surface area contributed by atoms with Crippen LogP contribution in [0.2, 0.25) is 0 Å². The zero-order valence-corrected chi connectivity index (χ0v) is 14.1. The van der Waals surface area contributed by atoms with Crippen molar-refractivity contribution in [3.63, 3.8) is 0 Å². The first-order chi connectivity index (χ1) is 11.8. The highest BCUT2D eigenvalue weighted by Crippen LogP contribution is 2.19. The molecule has 0 bridgehead atoms. The molecule has 7 nitrogen and oxygen atoms in total. The summed E-state index contributed by atoms with van der Waals surface area (Å²) in [4.78, 5) is 12.7. The van der Waals surface area contributed by atoms with E-state index in [-0.39, 0.29) is 11.9 Å². The SMILES string of the molecule is CSCCC(C(=O)Nc1ccc(-n2cnnn2)cc1)n1cccc1. The van der Waals surface area contributed by atoms with Gasteiger partial charge in [0.15, 0.2) is 0 Å². The molecule has 0 spiro atoms. The van der Waals surface area contributed by atoms with Gasteiger partial charge in [0.05, 0.1) is 5.69 Å². The second-order valence-electron chi connectivity index (χ2n) is 5.22. The monoisotopic (exact) mass is 342 g/mol. The number of nitrogens with one attached hydrogen (secondary N) is 1. The molecule has 0 aliphatic carbocycles. The Morgan fingerprint density at radius 1 is 1.25 bits per heavy atom. The van der Waals surface area contributed by atoms with Crippen LogP contribution in [-0.4, -0.2) is 42.7 Å². The number of hydrogen-bond donors (Lipinski definition) is 1. The van der Waals surface area contributed by atoms with Crippen molar-refractivity contribution >= 4 is 23.4 Å². The first kappa shape index (κ1) is 16.3. The third kappa shape index (κ3) is 3.83. The summed E-state index contributed by atoms with van der Waals surface area (Å²) in [6.45, 7) is 0. The maximum Gasteiger partial charge on any atom is 0.247 e. The van der Waals surface area contributed by atoms with Gasteiger partial charge in [0, 0.05) is 18.1 Å². The maximum absolute atomic E-state index is 12.7. The standard InChI is InChI=1S/C16H18N6OS/c1-24-11-8-15(21-9-2-3-10-21)16(23)18-13-4-6-14(7-5-13)22-12-17-19-20-22/h2-7,9-10,12,15H,8,11H2,1H3,(H,18,23). The van der Waals surface area contributed by atoms with Crippen LogP contribution in [0.5, 0.6) is 0 Å². The van der Waals surface area contributed by atoms with E-state index in [0.717, 1.165) is 23.5 Å². The number of benzene rings is 1. The number of thioether (sulfide) groups is 1. The molecular weight excluding hydrogens is 324 g/mol. The summed E-state index contributed by atoms with van der Waals surface area (Å²) in [6, 6.07) is 11.1. The summed E-state index contributed by atoms with van der Waals surface area (Å²) in [6.07, 6.45) is 8.20. The summed E-state index contributed by atoms with van der Waals surface area (Å²) in [5.74, 6) is 0.907. The van der Waals surface area contributed by atoms with Crippen LogP contribution in [0, 0.1) is 0 Å². The minimum atomic E-state index is -0.216. The number of amides is 1. The number of aromatic nitrogens is 5. The van der Waals surface area contributed by atoms with Crippen molar-refractivity contribution in [1.82, 2.24) is 24.8 Å². The van der Waals surface area contributed by atoms with E-state index in [1.807, 2.05) is 59.6 Å². The molecule has 1 aromatic carbocycles. The molecule has 24 heavy (non-hydrogen) atoms. The van der Waals surface area contributed by atoms with Gasteiger partial charge in [0.25, 0.3) is 0 Å². The van der Waals surface area contributed by atoms with Crippen molar-refractivity contribution in [2.75, 3.05) is 17.3 Å². The van der Waals surface area contributed by atoms with Crippen LogP contribution < -0.4 is 5.32 Å². The topological polar surface area (TPSA) is 77.6 Å². The molecule has 8 heteroatoms. The van der Waals surface area contributed by atoms with E-state index in [1.54, 1.807) is 16.4 Å². The molecule has 2 aromatic heterocycles. The van der Waals surface area contributed by atoms with Gasteiger partial charge < -0.3 is 9.88 Å². The first-order valence-electron chi connectivity index (χ1n) is 7.53. The summed E-state index contributed by atoms with van der Waals surface area (Å²) < 4.78 is 3.51. The van der Waals surface area contributed by atoms with Crippen molar-refractivity contribution in [2.45, 2.75) is 12.5 Å². The number of carbonyl (C=O) groups is 1. The lowest BCUT2D eigenvalue weighted by molar-refractivity contribution is -0.119. The van der Waals surface area contributed by atoms with E-state index in [2.05, 4.69) is 20.8 Å². The number of tetrazole rings is 1. The largest absolute Gasteiger partial charge is 0.342 e. The summed E-state index contributed by atoms with van der Waals surface area (Å²) in [5.41, 5.74) is 1.58. The summed E-state index contributed by atoms with van der Waals surface area (Å²) in [7, 11) is 0. The minimum Gasteiger partial charge on any atom is -0.342 e. The van der Waals surface area contributed by atoms with Gasteiger partial charge in [-0.25, -0.2) is 4.68 Å². The lowest BCUT2D eigenvalue weighted by Gasteiger charge is -2.18. The Kier molecular flexibility index (Phi) is 5.27. The molecule has 1 N–H and O–H groups in total. The quantitative estimate of drug-likeness (QED) is 0.713. The fourth-order valence-electron chi connectivity index (χ4n) is 2.40. The molecule has 1 unspecified atom stereocenters. The van der Waals surface area contributed by atoms with Gasteiger partial charge >= 0.3 is 0 Å². The Morgan fingerprint density at radius 2 is 2.00 bits per heavy atom. The Morgan fingerprint density at radius 3 is 2.62 bits per heavy atom. The van der Waals surface area contributed by atoms with Crippen LogP contribution in [0.4, 0.5) is 5.69 Å². The normalized spacial score (nSPS) is 12.0. The van der Waals surface area contributed by atoms with Crippen LogP contribution in [0.3, 0.4) is 0 Å². The predicted octanol–water partition coefficient (Wildman–Crippen LogP) is 2.40. The Bertz CT molecular complexity index is 754. The van der Waals surface area contributed by atoms with Crippen LogP contribution in [-0.2, 0) is 4.79 Å². The van der Waals surface area contributed by atoms with Crippen LogP contribution in [0.25, 0.3) is 5.69 Å². The molecule has 0 saturated carbocycles. The van der Waals surface area contributed by atoms with Crippen molar-refractivity contribution in [3.8, 4) is 5.69 Å². The zero-order chi connectivity index (χ0) is 16.8. The second-order valence-corrected chi connectivity index (χ2v) is 6.20. The third-order valence-corrected chi connectivity index (χ3v) is 4.28. The lowest BCUT2D eigenvalue weighted by Crippen LogP contribution is -2.25. The highest BCUT2D eigenvalue weighted by atomic mass is 32.2. The summed E-state index contributed by atoms with van der Waals surface area (Å²) in [5, 5.41) is 14.0. The van der Waals surface area contributed by atoms with E-state index >= 15 is 0 Å². The smallest absolute Gasteiger partial charge is 0.247 e. The van der Waals surface area contributed by atoms with Crippen molar-refractivity contribution in [2.24, 2.45) is 0 Å². The molecule has 1 atom stereocenters. The minimum absolute atomic E-state index is 0.0181. The maximum atomic E-state index is 12.7. The van der Waals surface area contributed by atoms with Gasteiger partial charge in [-0.2, -0.15) is 11.8 Å². The van der Waals surface area contributed by atoms with Gasteiger partial charge in [-0.3, -0.25) is 4.79 Å². The molecule has 124 valence electrons. The average molecular weight is 342 g/mol. The molecule has 0 aliphatic heterocycles. The lowest BCUT2D eigenvalue weighted by atomic mass is 10.2. The third-order valence-electron chi connectivity index (χ3n) is 3.63. The highest BCUT2D eigenvalue weighted by molar-refractivity contribution is 7.98. The van der Waals surface area contributed by atoms with Gasteiger partial charge in [0.1, 0.15) is 12.4 Å². The summed E-state index contributed by atoms with van der Waals surface area (Å²) >= 11 is 1.74. The van der Waals surface area contributed by atoms with Crippen molar-refractivity contribution < 1.29 is 4.79 Å². The highest BCUT2D eigenvalue weighted by Gasteiger charge is 2.19. The molecule has 0 aliphatic rings. The number of carbonyl (C=O) groups excluding carboxylic acids is 1.